The first kappa shape index (κ1) is 20.4. The molecule has 3 rings (SSSR count). The van der Waals surface area contributed by atoms with Crippen LogP contribution in [0, 0.1) is 6.92 Å². The summed E-state index contributed by atoms with van der Waals surface area (Å²) in [5.41, 5.74) is 1.74. The molecule has 1 N–H and O–H groups in total. The number of hydrogen-bond donors (Lipinski definition) is 1. The molecule has 0 aliphatic heterocycles. The molecule has 0 saturated carbocycles. The number of esters is 1. The molecule has 0 aliphatic carbocycles. The number of nitrogens with one attached hydrogen (secondary N) is 1. The van der Waals surface area contributed by atoms with E-state index in [-0.39, 0.29) is 23.6 Å². The topological polar surface area (TPSA) is 59.2 Å². The van der Waals surface area contributed by atoms with E-state index in [1.807, 2.05) is 6.07 Å². The number of halogens is 3. The van der Waals surface area contributed by atoms with Gasteiger partial charge in [-0.05, 0) is 25.0 Å². The lowest BCUT2D eigenvalue weighted by Gasteiger charge is -2.11. The minimum atomic E-state index is -5.01. The number of ether oxygens (including phenoxy) is 1. The Kier molecular flexibility index (Phi) is 5.59. The molecule has 0 spiro atoms. The van der Waals surface area contributed by atoms with Crippen LogP contribution < -0.4 is 0 Å². The first-order valence-electron chi connectivity index (χ1n) is 8.91. The highest BCUT2D eigenvalue weighted by atomic mass is 19.4. The van der Waals surface area contributed by atoms with Crippen molar-refractivity contribution in [3.8, 4) is 22.4 Å². The Hall–Kier alpha value is -3.35. The Morgan fingerprint density at radius 1 is 1.00 bits per heavy atom. The van der Waals surface area contributed by atoms with Crippen molar-refractivity contribution in [2.75, 3.05) is 6.61 Å². The summed E-state index contributed by atoms with van der Waals surface area (Å²) in [6.45, 7) is 3.49. The average molecular weight is 401 g/mol. The minimum absolute atomic E-state index is 0.0695. The smallest absolute Gasteiger partial charge is 0.454 e. The van der Waals surface area contributed by atoms with Crippen molar-refractivity contribution in [1.29, 1.82) is 0 Å². The van der Waals surface area contributed by atoms with Crippen molar-refractivity contribution in [2.45, 2.75) is 20.0 Å². The van der Waals surface area contributed by atoms with Crippen LogP contribution in [0.4, 0.5) is 13.2 Å². The molecule has 2 aromatic carbocycles. The van der Waals surface area contributed by atoms with Crippen LogP contribution in [-0.4, -0.2) is 29.5 Å². The van der Waals surface area contributed by atoms with Gasteiger partial charge in [0.15, 0.2) is 0 Å². The van der Waals surface area contributed by atoms with Crippen LogP contribution in [0.5, 0.6) is 0 Å². The van der Waals surface area contributed by atoms with Gasteiger partial charge in [0.2, 0.25) is 0 Å². The summed E-state index contributed by atoms with van der Waals surface area (Å²) in [5.74, 6) is -2.57. The third kappa shape index (κ3) is 3.94. The number of ketones is 1. The zero-order valence-corrected chi connectivity index (χ0v) is 15.8. The Bertz CT molecular complexity index is 1050. The number of aromatic amines is 1. The van der Waals surface area contributed by atoms with Crippen molar-refractivity contribution < 1.29 is 27.5 Å². The van der Waals surface area contributed by atoms with Crippen molar-refractivity contribution in [3.63, 3.8) is 0 Å². The summed E-state index contributed by atoms with van der Waals surface area (Å²) in [4.78, 5) is 27.4. The number of aromatic nitrogens is 1. The largest absolute Gasteiger partial charge is 0.461 e. The van der Waals surface area contributed by atoms with E-state index < -0.39 is 23.5 Å². The van der Waals surface area contributed by atoms with Crippen molar-refractivity contribution in [2.24, 2.45) is 0 Å². The number of carbonyl (C=O) groups is 2. The van der Waals surface area contributed by atoms with Crippen LogP contribution in [0.25, 0.3) is 22.4 Å². The number of alkyl halides is 3. The predicted octanol–water partition coefficient (Wildman–Crippen LogP) is 5.58. The molecule has 4 nitrogen and oxygen atoms in total. The van der Waals surface area contributed by atoms with Gasteiger partial charge < -0.3 is 9.72 Å². The molecule has 0 radical (unpaired) electrons. The van der Waals surface area contributed by atoms with Gasteiger partial charge in [0, 0.05) is 16.7 Å². The molecule has 0 amide bonds. The summed E-state index contributed by atoms with van der Waals surface area (Å²) in [5, 5.41) is 0. The average Bonchev–Trinajstić information content (AvgIpc) is 3.04. The zero-order valence-electron chi connectivity index (χ0n) is 15.8. The second-order valence-electron chi connectivity index (χ2n) is 6.33. The molecular formula is C22H18F3NO3. The third-order valence-corrected chi connectivity index (χ3v) is 4.49. The number of Topliss-reactive ketones (excluding diaryl/α,β-unsaturated/α-hetero) is 1. The maximum Gasteiger partial charge on any atom is 0.454 e. The summed E-state index contributed by atoms with van der Waals surface area (Å²) in [6.07, 6.45) is -5.01. The molecular weight excluding hydrogens is 383 g/mol. The van der Waals surface area contributed by atoms with Crippen molar-refractivity contribution >= 4 is 11.8 Å². The quantitative estimate of drug-likeness (QED) is 0.449. The zero-order chi connectivity index (χ0) is 21.2. The maximum absolute atomic E-state index is 13.1. The Morgan fingerprint density at radius 3 is 2.24 bits per heavy atom. The number of carbonyl (C=O) groups excluding carboxylic acids is 2. The van der Waals surface area contributed by atoms with Gasteiger partial charge in [0.1, 0.15) is 5.69 Å². The molecule has 29 heavy (non-hydrogen) atoms. The predicted molar refractivity (Wildman–Crippen MR) is 103 cm³/mol. The molecule has 7 heteroatoms. The van der Waals surface area contributed by atoms with Gasteiger partial charge in [-0.15, -0.1) is 0 Å². The van der Waals surface area contributed by atoms with Gasteiger partial charge in [-0.1, -0.05) is 54.6 Å². The van der Waals surface area contributed by atoms with E-state index in [0.717, 1.165) is 6.07 Å². The fourth-order valence-electron chi connectivity index (χ4n) is 3.24. The first-order valence-corrected chi connectivity index (χ1v) is 8.91. The second kappa shape index (κ2) is 7.95. The van der Waals surface area contributed by atoms with E-state index in [1.165, 1.54) is 18.2 Å². The highest BCUT2D eigenvalue weighted by molar-refractivity contribution is 6.07. The monoisotopic (exact) mass is 401 g/mol. The van der Waals surface area contributed by atoms with Crippen LogP contribution in [0.1, 0.15) is 33.3 Å². The van der Waals surface area contributed by atoms with Crippen LogP contribution in [-0.2, 0) is 4.74 Å². The molecule has 150 valence electrons. The fraction of sp³-hybridized carbons (Fsp3) is 0.182. The van der Waals surface area contributed by atoms with E-state index in [9.17, 15) is 22.8 Å². The van der Waals surface area contributed by atoms with Crippen molar-refractivity contribution in [3.05, 3.63) is 71.4 Å². The number of benzene rings is 2. The van der Waals surface area contributed by atoms with Gasteiger partial charge in [0.05, 0.1) is 12.3 Å². The first-order chi connectivity index (χ1) is 13.8. The lowest BCUT2D eigenvalue weighted by atomic mass is 9.95. The minimum Gasteiger partial charge on any atom is -0.461 e. The number of rotatable bonds is 5. The Morgan fingerprint density at radius 2 is 1.62 bits per heavy atom. The van der Waals surface area contributed by atoms with Crippen LogP contribution in [0.15, 0.2) is 54.6 Å². The molecule has 0 unspecified atom stereocenters. The van der Waals surface area contributed by atoms with E-state index in [2.05, 4.69) is 4.98 Å². The molecule has 0 fully saturated rings. The van der Waals surface area contributed by atoms with E-state index >= 15 is 0 Å². The second-order valence-corrected chi connectivity index (χ2v) is 6.33. The van der Waals surface area contributed by atoms with Gasteiger partial charge >= 0.3 is 12.1 Å². The Balaban J connectivity index is 2.26. The molecule has 0 bridgehead atoms. The fourth-order valence-corrected chi connectivity index (χ4v) is 3.24. The lowest BCUT2D eigenvalue weighted by molar-refractivity contribution is -0.0884. The molecule has 0 atom stereocenters. The summed E-state index contributed by atoms with van der Waals surface area (Å²) < 4.78 is 44.3. The van der Waals surface area contributed by atoms with E-state index in [0.29, 0.717) is 16.7 Å². The van der Waals surface area contributed by atoms with E-state index in [4.69, 9.17) is 4.74 Å². The Labute approximate surface area is 165 Å². The molecule has 1 aromatic heterocycles. The summed E-state index contributed by atoms with van der Waals surface area (Å²) in [6, 6.07) is 14.4. The van der Waals surface area contributed by atoms with Gasteiger partial charge in [-0.3, -0.25) is 4.79 Å². The van der Waals surface area contributed by atoms with E-state index in [1.54, 1.807) is 38.1 Å². The van der Waals surface area contributed by atoms with Gasteiger partial charge in [-0.2, -0.15) is 13.2 Å². The van der Waals surface area contributed by atoms with Crippen LogP contribution in [0.3, 0.4) is 0 Å². The highest BCUT2D eigenvalue weighted by Gasteiger charge is 2.40. The summed E-state index contributed by atoms with van der Waals surface area (Å²) in [7, 11) is 0. The molecule has 3 aromatic rings. The van der Waals surface area contributed by atoms with Crippen molar-refractivity contribution in [1.82, 2.24) is 4.98 Å². The van der Waals surface area contributed by atoms with Crippen LogP contribution in [0.2, 0.25) is 0 Å². The van der Waals surface area contributed by atoms with Crippen LogP contribution >= 0.6 is 0 Å². The molecule has 0 aliphatic rings. The maximum atomic E-state index is 13.1. The number of hydrogen-bond acceptors (Lipinski definition) is 3. The standard InChI is InChI=1S/C22H18F3NO3/c1-3-29-21(28)19-17(14-9-5-4-6-10-14)13(2)18(26-19)15-11-7-8-12-16(15)20(27)22(23,24)25/h4-12,26H,3H2,1-2H3. The highest BCUT2D eigenvalue weighted by Crippen LogP contribution is 2.37. The lowest BCUT2D eigenvalue weighted by Crippen LogP contribution is -2.23. The summed E-state index contributed by atoms with van der Waals surface area (Å²) >= 11 is 0. The third-order valence-electron chi connectivity index (χ3n) is 4.49. The normalized spacial score (nSPS) is 11.3. The van der Waals surface area contributed by atoms with Gasteiger partial charge in [0.25, 0.3) is 5.78 Å². The van der Waals surface area contributed by atoms with Gasteiger partial charge in [-0.25, -0.2) is 4.79 Å². The molecule has 1 heterocycles. The SMILES string of the molecule is CCOC(=O)c1[nH]c(-c2ccccc2C(=O)C(F)(F)F)c(C)c1-c1ccccc1. The number of H-pyrrole nitrogens is 1. The molecule has 0 saturated heterocycles.